The highest BCUT2D eigenvalue weighted by Crippen LogP contribution is 2.35. The first-order valence-corrected chi connectivity index (χ1v) is 21.0. The van der Waals surface area contributed by atoms with Crippen LogP contribution in [0.4, 0.5) is 9.59 Å². The van der Waals surface area contributed by atoms with Crippen LogP contribution in [0, 0.1) is 11.8 Å². The Kier molecular flexibility index (Phi) is 14.6. The summed E-state index contributed by atoms with van der Waals surface area (Å²) in [5.74, 6) is 0.888. The standard InChI is InChI=1S/C46H58N8O6/c1-7-9-25-59-45(57)51-39(29(3)4)43(55)53-23-11-13-37(53)41-47-27-35(49-41)33-19-15-31(16-20-33)32-17-21-34(22-18-32)36-28-48-42(50-36)38-14-12-24-54(38)44(56)40(30(5)6)52-46(58)60-26-10-8-2/h7-8,15-22,27-30,37-40H,1-2,9-14,23-26H2,3-6H3,(H,47,49)(H,48,50)(H,51,57)(H,52,58)/t37-,38-,39-,40-/m0/s1. The van der Waals surface area contributed by atoms with Crippen molar-refractivity contribution in [1.29, 1.82) is 0 Å². The van der Waals surface area contributed by atoms with E-state index in [1.165, 1.54) is 0 Å². The number of aromatic amines is 2. The van der Waals surface area contributed by atoms with Crippen molar-refractivity contribution in [1.82, 2.24) is 40.4 Å². The van der Waals surface area contributed by atoms with Crippen LogP contribution in [0.1, 0.15) is 90.0 Å². The summed E-state index contributed by atoms with van der Waals surface area (Å²) in [6.07, 6.45) is 10.0. The van der Waals surface area contributed by atoms with E-state index in [9.17, 15) is 19.2 Å². The predicted octanol–water partition coefficient (Wildman–Crippen LogP) is 8.11. The van der Waals surface area contributed by atoms with E-state index in [4.69, 9.17) is 19.4 Å². The summed E-state index contributed by atoms with van der Waals surface area (Å²) < 4.78 is 10.4. The number of benzene rings is 2. The molecule has 2 aliphatic heterocycles. The molecule has 6 rings (SSSR count). The number of likely N-dealkylation sites (tertiary alicyclic amines) is 2. The quantitative estimate of drug-likeness (QED) is 0.0611. The minimum Gasteiger partial charge on any atom is -0.449 e. The zero-order valence-corrected chi connectivity index (χ0v) is 35.1. The minimum atomic E-state index is -0.714. The van der Waals surface area contributed by atoms with Gasteiger partial charge in [-0.2, -0.15) is 0 Å². The number of nitrogens with one attached hydrogen (secondary N) is 4. The van der Waals surface area contributed by atoms with Crippen molar-refractivity contribution in [2.75, 3.05) is 26.3 Å². The molecule has 2 aliphatic rings. The first-order chi connectivity index (χ1) is 29.0. The summed E-state index contributed by atoms with van der Waals surface area (Å²) in [7, 11) is 0. The molecule has 0 aliphatic carbocycles. The van der Waals surface area contributed by atoms with Gasteiger partial charge in [-0.3, -0.25) is 9.59 Å². The molecule has 0 unspecified atom stereocenters. The first kappa shape index (κ1) is 43.4. The lowest BCUT2D eigenvalue weighted by Gasteiger charge is -2.30. The highest BCUT2D eigenvalue weighted by molar-refractivity contribution is 5.87. The van der Waals surface area contributed by atoms with Crippen molar-refractivity contribution >= 4 is 24.0 Å². The Morgan fingerprint density at radius 2 is 1.03 bits per heavy atom. The topological polar surface area (TPSA) is 175 Å². The van der Waals surface area contributed by atoms with Gasteiger partial charge < -0.3 is 39.9 Å². The summed E-state index contributed by atoms with van der Waals surface area (Å²) in [5, 5.41) is 5.54. The molecule has 0 radical (unpaired) electrons. The first-order valence-electron chi connectivity index (χ1n) is 21.0. The number of ether oxygens (including phenoxy) is 2. The molecule has 4 N–H and O–H groups in total. The molecule has 2 aromatic heterocycles. The van der Waals surface area contributed by atoms with E-state index < -0.39 is 24.3 Å². The Labute approximate surface area is 352 Å². The molecule has 0 spiro atoms. The fourth-order valence-corrected chi connectivity index (χ4v) is 7.81. The second-order valence-electron chi connectivity index (χ2n) is 16.1. The Morgan fingerprint density at radius 1 is 0.667 bits per heavy atom. The van der Waals surface area contributed by atoms with Crippen LogP contribution in [-0.2, 0) is 19.1 Å². The second kappa shape index (κ2) is 20.2. The molecular formula is C46H58N8O6. The number of hydrogen-bond donors (Lipinski definition) is 4. The average molecular weight is 819 g/mol. The minimum absolute atomic E-state index is 0.127. The number of imidazole rings is 2. The van der Waals surface area contributed by atoms with Crippen LogP contribution in [0.3, 0.4) is 0 Å². The molecule has 60 heavy (non-hydrogen) atoms. The van der Waals surface area contributed by atoms with Gasteiger partial charge in [-0.15, -0.1) is 13.2 Å². The van der Waals surface area contributed by atoms with Gasteiger partial charge in [0.05, 0.1) is 49.1 Å². The lowest BCUT2D eigenvalue weighted by molar-refractivity contribution is -0.136. The highest BCUT2D eigenvalue weighted by Gasteiger charge is 2.39. The predicted molar refractivity (Wildman–Crippen MR) is 230 cm³/mol. The van der Waals surface area contributed by atoms with E-state index in [2.05, 4.69) is 82.3 Å². The van der Waals surface area contributed by atoms with Gasteiger partial charge in [0.15, 0.2) is 0 Å². The van der Waals surface area contributed by atoms with E-state index in [-0.39, 0.29) is 48.9 Å². The largest absolute Gasteiger partial charge is 0.449 e. The van der Waals surface area contributed by atoms with Crippen LogP contribution in [0.15, 0.2) is 86.2 Å². The third-order valence-corrected chi connectivity index (χ3v) is 11.1. The van der Waals surface area contributed by atoms with Crippen molar-refractivity contribution in [3.05, 3.63) is 97.9 Å². The van der Waals surface area contributed by atoms with Crippen molar-refractivity contribution in [2.24, 2.45) is 11.8 Å². The molecule has 14 nitrogen and oxygen atoms in total. The summed E-state index contributed by atoms with van der Waals surface area (Å²) in [4.78, 5) is 72.2. The van der Waals surface area contributed by atoms with Gasteiger partial charge in [0.1, 0.15) is 23.7 Å². The Bertz CT molecular complexity index is 1960. The van der Waals surface area contributed by atoms with Crippen molar-refractivity contribution < 1.29 is 28.7 Å². The third-order valence-electron chi connectivity index (χ3n) is 11.1. The lowest BCUT2D eigenvalue weighted by Crippen LogP contribution is -2.51. The molecule has 2 fully saturated rings. The summed E-state index contributed by atoms with van der Waals surface area (Å²) in [5.41, 5.74) is 5.75. The molecule has 14 heteroatoms. The Balaban J connectivity index is 1.07. The van der Waals surface area contributed by atoms with Crippen LogP contribution in [0.25, 0.3) is 33.6 Å². The molecule has 4 aromatic rings. The van der Waals surface area contributed by atoms with Crippen LogP contribution in [-0.4, -0.2) is 92.1 Å². The molecule has 0 bridgehead atoms. The van der Waals surface area contributed by atoms with Gasteiger partial charge >= 0.3 is 12.2 Å². The van der Waals surface area contributed by atoms with Crippen LogP contribution in [0.5, 0.6) is 0 Å². The Hall–Kier alpha value is -6.18. The molecular weight excluding hydrogens is 761 g/mol. The van der Waals surface area contributed by atoms with E-state index in [1.807, 2.05) is 37.5 Å². The molecule has 4 heterocycles. The molecule has 2 aromatic carbocycles. The number of amides is 4. The van der Waals surface area contributed by atoms with Crippen LogP contribution in [0.2, 0.25) is 0 Å². The van der Waals surface area contributed by atoms with Crippen molar-refractivity contribution in [2.45, 2.75) is 90.4 Å². The molecule has 0 saturated carbocycles. The second-order valence-corrected chi connectivity index (χ2v) is 16.1. The number of rotatable bonds is 17. The fourth-order valence-electron chi connectivity index (χ4n) is 7.81. The zero-order chi connectivity index (χ0) is 42.8. The number of carbonyl (C=O) groups is 4. The summed E-state index contributed by atoms with van der Waals surface area (Å²) in [6.45, 7) is 16.5. The van der Waals surface area contributed by atoms with Gasteiger partial charge in [-0.05, 0) is 72.6 Å². The van der Waals surface area contributed by atoms with Gasteiger partial charge in [-0.1, -0.05) is 88.4 Å². The number of carbonyl (C=O) groups excluding carboxylic acids is 4. The fraction of sp³-hybridized carbons (Fsp3) is 0.435. The third kappa shape index (κ3) is 10.3. The van der Waals surface area contributed by atoms with Crippen molar-refractivity contribution in [3.8, 4) is 33.6 Å². The van der Waals surface area contributed by atoms with E-state index >= 15 is 0 Å². The maximum absolute atomic E-state index is 13.7. The van der Waals surface area contributed by atoms with Gasteiger partial charge in [-0.25, -0.2) is 19.6 Å². The monoisotopic (exact) mass is 818 g/mol. The van der Waals surface area contributed by atoms with Gasteiger partial charge in [0.25, 0.3) is 0 Å². The van der Waals surface area contributed by atoms with E-state index in [0.29, 0.717) is 25.9 Å². The number of aromatic nitrogens is 4. The maximum atomic E-state index is 13.7. The van der Waals surface area contributed by atoms with Crippen LogP contribution >= 0.6 is 0 Å². The SMILES string of the molecule is C=CCCOC(=O)N[C@H](C(=O)N1CCC[C@H]1c1ncc(-c2ccc(-c3ccc(-c4cnc([C@@H]5CCCN5C(=O)[C@@H](NC(=O)OCCC=C)C(C)C)[nH]4)cc3)cc2)[nH]1)C(C)C. The Morgan fingerprint density at radius 3 is 1.38 bits per heavy atom. The highest BCUT2D eigenvalue weighted by atomic mass is 16.6. The van der Waals surface area contributed by atoms with Crippen LogP contribution < -0.4 is 10.6 Å². The number of nitrogens with zero attached hydrogens (tertiary/aromatic N) is 4. The number of alkyl carbamates (subject to hydrolysis) is 2. The molecule has 318 valence electrons. The van der Waals surface area contributed by atoms with Gasteiger partial charge in [0, 0.05) is 13.1 Å². The number of H-pyrrole nitrogens is 2. The lowest BCUT2D eigenvalue weighted by atomic mass is 10.0. The van der Waals surface area contributed by atoms with E-state index in [0.717, 1.165) is 71.0 Å². The smallest absolute Gasteiger partial charge is 0.407 e. The molecule has 4 atom stereocenters. The normalized spacial score (nSPS) is 17.4. The van der Waals surface area contributed by atoms with E-state index in [1.54, 1.807) is 24.5 Å². The maximum Gasteiger partial charge on any atom is 0.407 e. The van der Waals surface area contributed by atoms with Gasteiger partial charge in [0.2, 0.25) is 11.8 Å². The molecule has 2 saturated heterocycles. The van der Waals surface area contributed by atoms with Crippen molar-refractivity contribution in [3.63, 3.8) is 0 Å². The average Bonchev–Trinajstić information content (AvgIpc) is 4.09. The number of hydrogen-bond acceptors (Lipinski definition) is 8. The summed E-state index contributed by atoms with van der Waals surface area (Å²) in [6, 6.07) is 14.6. The summed E-state index contributed by atoms with van der Waals surface area (Å²) >= 11 is 0. The molecule has 4 amide bonds. The zero-order valence-electron chi connectivity index (χ0n) is 35.1.